The molecule has 1 aromatic carbocycles. The van der Waals surface area contributed by atoms with E-state index in [9.17, 15) is 22.8 Å². The second kappa shape index (κ2) is 11.6. The van der Waals surface area contributed by atoms with Crippen LogP contribution in [-0.2, 0) is 4.79 Å². The van der Waals surface area contributed by atoms with Gasteiger partial charge in [0.2, 0.25) is 0 Å². The van der Waals surface area contributed by atoms with Gasteiger partial charge in [-0.05, 0) is 31.4 Å². The van der Waals surface area contributed by atoms with Gasteiger partial charge in [-0.1, -0.05) is 18.2 Å². The van der Waals surface area contributed by atoms with Gasteiger partial charge >= 0.3 is 12.1 Å². The molecule has 1 N–H and O–H groups in total. The van der Waals surface area contributed by atoms with E-state index in [1.165, 1.54) is 12.4 Å². The molecule has 2 aliphatic heterocycles. The van der Waals surface area contributed by atoms with Crippen LogP contribution in [0.2, 0.25) is 0 Å². The zero-order valence-electron chi connectivity index (χ0n) is 18.9. The topological polar surface area (TPSA) is 107 Å². The maximum atomic E-state index is 13.1. The van der Waals surface area contributed by atoms with Crippen LogP contribution in [0.25, 0.3) is 0 Å². The Kier molecular flexibility index (Phi) is 8.61. The molecule has 0 saturated carbocycles. The Bertz CT molecular complexity index is 1020. The number of amides is 2. The van der Waals surface area contributed by atoms with Crippen molar-refractivity contribution < 1.29 is 32.7 Å². The molecule has 3 heterocycles. The molecule has 0 aliphatic carbocycles. The number of carbonyl (C=O) groups is 3. The van der Waals surface area contributed by atoms with Crippen LogP contribution < -0.4 is 4.90 Å². The molecule has 2 fully saturated rings. The van der Waals surface area contributed by atoms with Crippen LogP contribution in [0.5, 0.6) is 0 Å². The summed E-state index contributed by atoms with van der Waals surface area (Å²) in [5, 5.41) is 7.12. The van der Waals surface area contributed by atoms with Crippen molar-refractivity contribution in [2.75, 3.05) is 44.2 Å². The predicted molar refractivity (Wildman–Crippen MR) is 120 cm³/mol. The molecule has 0 atom stereocenters. The second-order valence-corrected chi connectivity index (χ2v) is 8.02. The number of nitrogens with zero attached hydrogens (tertiary/aromatic N) is 5. The number of benzene rings is 1. The number of hydrogen-bond acceptors (Lipinski definition) is 6. The van der Waals surface area contributed by atoms with Gasteiger partial charge in [0.1, 0.15) is 0 Å². The van der Waals surface area contributed by atoms with Crippen molar-refractivity contribution in [3.63, 3.8) is 0 Å². The van der Waals surface area contributed by atoms with E-state index in [4.69, 9.17) is 9.90 Å². The van der Waals surface area contributed by atoms with E-state index in [2.05, 4.69) is 27.0 Å². The fourth-order valence-electron chi connectivity index (χ4n) is 3.85. The third-order valence-corrected chi connectivity index (χ3v) is 5.68. The SMILES string of the molecule is O=C(O)C(F)(F)F.O=C(c1nccnc1C(=O)N1CCN(c2ccccc2)CC1)N1CCCCC1. The molecule has 12 heteroatoms. The number of carbonyl (C=O) groups excluding carboxylic acids is 2. The van der Waals surface area contributed by atoms with Crippen LogP contribution in [0.15, 0.2) is 42.7 Å². The van der Waals surface area contributed by atoms with Gasteiger partial charge in [0.15, 0.2) is 11.4 Å². The number of rotatable bonds is 3. The largest absolute Gasteiger partial charge is 0.490 e. The van der Waals surface area contributed by atoms with E-state index >= 15 is 0 Å². The molecule has 0 spiro atoms. The van der Waals surface area contributed by atoms with E-state index in [1.807, 2.05) is 18.2 Å². The number of alkyl halides is 3. The van der Waals surface area contributed by atoms with Gasteiger partial charge < -0.3 is 19.8 Å². The fraction of sp³-hybridized carbons (Fsp3) is 0.435. The van der Waals surface area contributed by atoms with Crippen LogP contribution in [0.3, 0.4) is 0 Å². The molecule has 4 rings (SSSR count). The lowest BCUT2D eigenvalue weighted by atomic mass is 10.1. The minimum absolute atomic E-state index is 0.172. The van der Waals surface area contributed by atoms with Crippen molar-refractivity contribution in [1.29, 1.82) is 0 Å². The molecule has 0 bridgehead atoms. The Hall–Kier alpha value is -3.70. The summed E-state index contributed by atoms with van der Waals surface area (Å²) in [5.41, 5.74) is 1.51. The number of likely N-dealkylation sites (tertiary alicyclic amines) is 1. The Morgan fingerprint density at radius 1 is 0.743 bits per heavy atom. The molecule has 0 unspecified atom stereocenters. The first-order valence-corrected chi connectivity index (χ1v) is 11.2. The molecule has 0 radical (unpaired) electrons. The first kappa shape index (κ1) is 25.9. The summed E-state index contributed by atoms with van der Waals surface area (Å²) < 4.78 is 31.7. The highest BCUT2D eigenvalue weighted by atomic mass is 19.4. The third-order valence-electron chi connectivity index (χ3n) is 5.68. The Morgan fingerprint density at radius 2 is 1.20 bits per heavy atom. The highest BCUT2D eigenvalue weighted by Gasteiger charge is 2.38. The molecular weight excluding hydrogens is 467 g/mol. The second-order valence-electron chi connectivity index (χ2n) is 8.02. The van der Waals surface area contributed by atoms with Gasteiger partial charge in [0, 0.05) is 57.3 Å². The number of hydrogen-bond donors (Lipinski definition) is 1. The minimum Gasteiger partial charge on any atom is -0.475 e. The van der Waals surface area contributed by atoms with E-state index < -0.39 is 12.1 Å². The molecule has 188 valence electrons. The Balaban J connectivity index is 0.000000429. The summed E-state index contributed by atoms with van der Waals surface area (Å²) in [5.74, 6) is -3.15. The van der Waals surface area contributed by atoms with Crippen LogP contribution in [0.1, 0.15) is 40.2 Å². The van der Waals surface area contributed by atoms with E-state index in [0.717, 1.165) is 51.1 Å². The van der Waals surface area contributed by atoms with E-state index in [0.29, 0.717) is 13.1 Å². The highest BCUT2D eigenvalue weighted by Crippen LogP contribution is 2.18. The van der Waals surface area contributed by atoms with Gasteiger partial charge in [0.25, 0.3) is 11.8 Å². The quantitative estimate of drug-likeness (QED) is 0.701. The van der Waals surface area contributed by atoms with Crippen LogP contribution in [-0.4, -0.2) is 88.1 Å². The van der Waals surface area contributed by atoms with Gasteiger partial charge in [-0.25, -0.2) is 14.8 Å². The lowest BCUT2D eigenvalue weighted by Gasteiger charge is -2.36. The molecule has 9 nitrogen and oxygen atoms in total. The summed E-state index contributed by atoms with van der Waals surface area (Å²) >= 11 is 0. The third kappa shape index (κ3) is 6.90. The first-order chi connectivity index (χ1) is 16.7. The van der Waals surface area contributed by atoms with E-state index in [1.54, 1.807) is 9.80 Å². The number of carboxylic acids is 1. The monoisotopic (exact) mass is 493 g/mol. The van der Waals surface area contributed by atoms with Gasteiger partial charge in [0.05, 0.1) is 0 Å². The van der Waals surface area contributed by atoms with Crippen molar-refractivity contribution in [3.05, 3.63) is 54.1 Å². The van der Waals surface area contributed by atoms with Crippen molar-refractivity contribution in [2.24, 2.45) is 0 Å². The fourth-order valence-corrected chi connectivity index (χ4v) is 3.85. The summed E-state index contributed by atoms with van der Waals surface area (Å²) in [4.78, 5) is 49.2. The van der Waals surface area contributed by atoms with Crippen LogP contribution in [0, 0.1) is 0 Å². The summed E-state index contributed by atoms with van der Waals surface area (Å²) in [7, 11) is 0. The number of carboxylic acid groups (broad SMARTS) is 1. The zero-order chi connectivity index (χ0) is 25.4. The summed E-state index contributed by atoms with van der Waals surface area (Å²) in [6, 6.07) is 10.2. The standard InChI is InChI=1S/C21H25N5O2.C2HF3O2/c27-20(25-11-5-2-6-12-25)18-19(23-10-9-22-18)21(28)26-15-13-24(14-16-26)17-7-3-1-4-8-17;3-2(4,5)1(6)7/h1,3-4,7-10H,2,5-6,11-16H2;(H,6,7). The lowest BCUT2D eigenvalue weighted by Crippen LogP contribution is -2.49. The average molecular weight is 493 g/mol. The van der Waals surface area contributed by atoms with Crippen LogP contribution >= 0.6 is 0 Å². The predicted octanol–water partition coefficient (Wildman–Crippen LogP) is 2.70. The summed E-state index contributed by atoms with van der Waals surface area (Å²) in [6.45, 7) is 4.15. The molecule has 2 aromatic rings. The smallest absolute Gasteiger partial charge is 0.475 e. The number of aliphatic carboxylic acids is 1. The molecular formula is C23H26F3N5O4. The average Bonchev–Trinajstić information content (AvgIpc) is 2.89. The zero-order valence-corrected chi connectivity index (χ0v) is 18.9. The van der Waals surface area contributed by atoms with Crippen molar-refractivity contribution in [3.8, 4) is 0 Å². The maximum absolute atomic E-state index is 13.1. The van der Waals surface area contributed by atoms with E-state index in [-0.39, 0.29) is 23.2 Å². The van der Waals surface area contributed by atoms with Gasteiger partial charge in [-0.15, -0.1) is 0 Å². The van der Waals surface area contributed by atoms with Crippen molar-refractivity contribution in [1.82, 2.24) is 19.8 Å². The molecule has 2 aliphatic rings. The highest BCUT2D eigenvalue weighted by molar-refractivity contribution is 6.04. The van der Waals surface area contributed by atoms with Crippen molar-refractivity contribution in [2.45, 2.75) is 25.4 Å². The minimum atomic E-state index is -5.08. The number of piperazine rings is 1. The van der Waals surface area contributed by atoms with Crippen molar-refractivity contribution >= 4 is 23.5 Å². The molecule has 2 saturated heterocycles. The Morgan fingerprint density at radius 3 is 1.66 bits per heavy atom. The maximum Gasteiger partial charge on any atom is 0.490 e. The summed E-state index contributed by atoms with van der Waals surface area (Å²) in [6.07, 6.45) is 1.02. The van der Waals surface area contributed by atoms with Crippen LogP contribution in [0.4, 0.5) is 18.9 Å². The number of anilines is 1. The molecule has 1 aromatic heterocycles. The first-order valence-electron chi connectivity index (χ1n) is 11.2. The van der Waals surface area contributed by atoms with Gasteiger partial charge in [-0.3, -0.25) is 9.59 Å². The van der Waals surface area contributed by atoms with Gasteiger partial charge in [-0.2, -0.15) is 13.2 Å². The number of para-hydroxylation sites is 1. The lowest BCUT2D eigenvalue weighted by molar-refractivity contribution is -0.192. The normalized spacial score (nSPS) is 16.3. The number of piperidine rings is 1. The molecule has 35 heavy (non-hydrogen) atoms. The molecule has 2 amide bonds. The number of halogens is 3. The Labute approximate surface area is 200 Å². The number of aromatic nitrogens is 2.